The maximum atomic E-state index is 11.5. The van der Waals surface area contributed by atoms with E-state index in [0.29, 0.717) is 23.6 Å². The third kappa shape index (κ3) is 2.96. The second-order valence-corrected chi connectivity index (χ2v) is 7.46. The van der Waals surface area contributed by atoms with Crippen molar-refractivity contribution in [2.24, 2.45) is 5.73 Å². The zero-order valence-electron chi connectivity index (χ0n) is 10.1. The van der Waals surface area contributed by atoms with Gasteiger partial charge in [-0.2, -0.15) is 0 Å². The van der Waals surface area contributed by atoms with Crippen molar-refractivity contribution < 1.29 is 13.2 Å². The molecule has 0 aliphatic carbocycles. The Morgan fingerprint density at radius 2 is 2.22 bits per heavy atom. The lowest BCUT2D eigenvalue weighted by Gasteiger charge is -2.23. The lowest BCUT2D eigenvalue weighted by Crippen LogP contribution is -2.43. The zero-order chi connectivity index (χ0) is 13.4. The maximum Gasteiger partial charge on any atom is 0.152 e. The molecule has 0 radical (unpaired) electrons. The van der Waals surface area contributed by atoms with Crippen LogP contribution in [0.1, 0.15) is 12.0 Å². The normalized spacial score (nSPS) is 26.2. The number of ether oxygens (including phenoxy) is 1. The smallest absolute Gasteiger partial charge is 0.152 e. The van der Waals surface area contributed by atoms with Crippen molar-refractivity contribution in [3.05, 3.63) is 28.8 Å². The highest BCUT2D eigenvalue weighted by Gasteiger charge is 2.39. The van der Waals surface area contributed by atoms with Gasteiger partial charge in [-0.3, -0.25) is 0 Å². The summed E-state index contributed by atoms with van der Waals surface area (Å²) in [7, 11) is -1.43. The highest BCUT2D eigenvalue weighted by atomic mass is 35.5. The molecule has 2 rings (SSSR count). The number of hydrogen-bond acceptors (Lipinski definition) is 4. The summed E-state index contributed by atoms with van der Waals surface area (Å²) in [5.41, 5.74) is 6.30. The van der Waals surface area contributed by atoms with Gasteiger partial charge in [0.1, 0.15) is 5.75 Å². The van der Waals surface area contributed by atoms with Gasteiger partial charge in [-0.1, -0.05) is 11.6 Å². The maximum absolute atomic E-state index is 11.5. The molecule has 1 aliphatic heterocycles. The molecule has 0 amide bonds. The van der Waals surface area contributed by atoms with E-state index in [9.17, 15) is 8.42 Å². The lowest BCUT2D eigenvalue weighted by atomic mass is 9.91. The van der Waals surface area contributed by atoms with Crippen molar-refractivity contribution in [2.75, 3.05) is 18.6 Å². The third-order valence-electron chi connectivity index (χ3n) is 3.20. The van der Waals surface area contributed by atoms with E-state index in [4.69, 9.17) is 22.1 Å². The Morgan fingerprint density at radius 1 is 1.50 bits per heavy atom. The van der Waals surface area contributed by atoms with Crippen LogP contribution in [0.25, 0.3) is 0 Å². The van der Waals surface area contributed by atoms with Gasteiger partial charge in [0.15, 0.2) is 9.84 Å². The van der Waals surface area contributed by atoms with Crippen molar-refractivity contribution in [1.82, 2.24) is 0 Å². The van der Waals surface area contributed by atoms with E-state index < -0.39 is 15.4 Å². The number of nitrogens with two attached hydrogens (primary N) is 1. The van der Waals surface area contributed by atoms with E-state index in [0.717, 1.165) is 5.56 Å². The van der Waals surface area contributed by atoms with Gasteiger partial charge in [-0.05, 0) is 36.6 Å². The fourth-order valence-corrected chi connectivity index (χ4v) is 4.52. The second-order valence-electron chi connectivity index (χ2n) is 4.84. The van der Waals surface area contributed by atoms with Crippen LogP contribution in [0, 0.1) is 0 Å². The van der Waals surface area contributed by atoms with Gasteiger partial charge >= 0.3 is 0 Å². The average molecular weight is 290 g/mol. The topological polar surface area (TPSA) is 69.4 Å². The summed E-state index contributed by atoms with van der Waals surface area (Å²) in [5, 5.41) is 0.593. The largest absolute Gasteiger partial charge is 0.496 e. The quantitative estimate of drug-likeness (QED) is 0.913. The summed E-state index contributed by atoms with van der Waals surface area (Å²) in [6.45, 7) is 0. The van der Waals surface area contributed by atoms with Crippen molar-refractivity contribution in [3.63, 3.8) is 0 Å². The molecule has 4 nitrogen and oxygen atoms in total. The molecular weight excluding hydrogens is 274 g/mol. The van der Waals surface area contributed by atoms with Crippen LogP contribution in [-0.2, 0) is 16.3 Å². The molecule has 0 saturated carbocycles. The van der Waals surface area contributed by atoms with Crippen molar-refractivity contribution in [3.8, 4) is 5.75 Å². The summed E-state index contributed by atoms with van der Waals surface area (Å²) >= 11 is 5.95. The first-order chi connectivity index (χ1) is 8.34. The minimum Gasteiger partial charge on any atom is -0.496 e. The number of sulfone groups is 1. The zero-order valence-corrected chi connectivity index (χ0v) is 11.7. The molecule has 0 aromatic heterocycles. The monoisotopic (exact) mass is 289 g/mol. The molecule has 1 unspecified atom stereocenters. The summed E-state index contributed by atoms with van der Waals surface area (Å²) in [5.74, 6) is 0.871. The highest BCUT2D eigenvalue weighted by Crippen LogP contribution is 2.30. The Hall–Kier alpha value is -0.780. The van der Waals surface area contributed by atoms with Crippen LogP contribution in [0.5, 0.6) is 5.75 Å². The number of benzene rings is 1. The van der Waals surface area contributed by atoms with Gasteiger partial charge in [-0.15, -0.1) is 0 Å². The number of halogens is 1. The molecule has 1 aromatic carbocycles. The molecule has 0 spiro atoms. The first kappa shape index (κ1) is 13.6. The predicted molar refractivity (Wildman–Crippen MR) is 71.9 cm³/mol. The molecule has 1 fully saturated rings. The molecule has 2 N–H and O–H groups in total. The fourth-order valence-electron chi connectivity index (χ4n) is 2.35. The van der Waals surface area contributed by atoms with Gasteiger partial charge < -0.3 is 10.5 Å². The second kappa shape index (κ2) is 4.72. The van der Waals surface area contributed by atoms with E-state index in [-0.39, 0.29) is 11.5 Å². The Balaban J connectivity index is 2.27. The molecular formula is C12H16ClNO3S. The molecule has 18 heavy (non-hydrogen) atoms. The SMILES string of the molecule is COc1ccc(Cl)cc1CC1(N)CCS(=O)(=O)C1. The van der Waals surface area contributed by atoms with E-state index in [1.165, 1.54) is 0 Å². The minimum absolute atomic E-state index is 0.0235. The van der Waals surface area contributed by atoms with Crippen LogP contribution >= 0.6 is 11.6 Å². The molecule has 1 saturated heterocycles. The number of methoxy groups -OCH3 is 1. The standard InChI is InChI=1S/C12H16ClNO3S/c1-17-11-3-2-10(13)6-9(11)7-12(14)4-5-18(15,16)8-12/h2-3,6H,4-5,7-8,14H2,1H3. The molecule has 1 aliphatic rings. The van der Waals surface area contributed by atoms with Crippen molar-refractivity contribution in [1.29, 1.82) is 0 Å². The molecule has 1 atom stereocenters. The Morgan fingerprint density at radius 3 is 2.78 bits per heavy atom. The predicted octanol–water partition coefficient (Wildman–Crippen LogP) is 1.41. The van der Waals surface area contributed by atoms with Gasteiger partial charge in [0, 0.05) is 10.6 Å². The van der Waals surface area contributed by atoms with E-state index in [2.05, 4.69) is 0 Å². The van der Waals surface area contributed by atoms with Crippen LogP contribution < -0.4 is 10.5 Å². The summed E-state index contributed by atoms with van der Waals surface area (Å²) in [6, 6.07) is 5.28. The first-order valence-corrected chi connectivity index (χ1v) is 7.85. The fraction of sp³-hybridized carbons (Fsp3) is 0.500. The number of rotatable bonds is 3. The van der Waals surface area contributed by atoms with E-state index >= 15 is 0 Å². The third-order valence-corrected chi connectivity index (χ3v) is 5.28. The first-order valence-electron chi connectivity index (χ1n) is 5.65. The molecule has 6 heteroatoms. The molecule has 100 valence electrons. The summed E-state index contributed by atoms with van der Waals surface area (Å²) < 4.78 is 28.3. The van der Waals surface area contributed by atoms with Crippen LogP contribution in [0.3, 0.4) is 0 Å². The Bertz CT molecular complexity index is 558. The lowest BCUT2D eigenvalue weighted by molar-refractivity contribution is 0.399. The van der Waals surface area contributed by atoms with Gasteiger partial charge in [0.25, 0.3) is 0 Å². The molecule has 1 aromatic rings. The average Bonchev–Trinajstić information content (AvgIpc) is 2.53. The van der Waals surface area contributed by atoms with Crippen LogP contribution in [0.2, 0.25) is 5.02 Å². The van der Waals surface area contributed by atoms with Crippen molar-refractivity contribution in [2.45, 2.75) is 18.4 Å². The minimum atomic E-state index is -3.00. The van der Waals surface area contributed by atoms with Crippen LogP contribution in [0.4, 0.5) is 0 Å². The number of hydrogen-bond donors (Lipinski definition) is 1. The summed E-state index contributed by atoms with van der Waals surface area (Å²) in [4.78, 5) is 0. The van der Waals surface area contributed by atoms with Gasteiger partial charge in [-0.25, -0.2) is 8.42 Å². The molecule has 0 bridgehead atoms. The Labute approximate surface area is 112 Å². The summed E-state index contributed by atoms with van der Waals surface area (Å²) in [6.07, 6.45) is 0.932. The van der Waals surface area contributed by atoms with E-state index in [1.807, 2.05) is 0 Å². The van der Waals surface area contributed by atoms with Gasteiger partial charge in [0.05, 0.1) is 18.6 Å². The van der Waals surface area contributed by atoms with Crippen LogP contribution in [0.15, 0.2) is 18.2 Å². The van der Waals surface area contributed by atoms with Crippen LogP contribution in [-0.4, -0.2) is 32.6 Å². The molecule has 1 heterocycles. The van der Waals surface area contributed by atoms with Crippen molar-refractivity contribution >= 4 is 21.4 Å². The highest BCUT2D eigenvalue weighted by molar-refractivity contribution is 7.91. The van der Waals surface area contributed by atoms with Gasteiger partial charge in [0.2, 0.25) is 0 Å². The Kier molecular flexibility index (Phi) is 3.58. The van der Waals surface area contributed by atoms with E-state index in [1.54, 1.807) is 25.3 Å².